The normalized spacial score (nSPS) is 10.9. The van der Waals surface area contributed by atoms with E-state index in [1.807, 2.05) is 24.3 Å². The molecule has 4 nitrogen and oxygen atoms in total. The highest BCUT2D eigenvalue weighted by molar-refractivity contribution is 5.87. The fraction of sp³-hybridized carbons (Fsp3) is 0.267. The van der Waals surface area contributed by atoms with Crippen LogP contribution in [0.5, 0.6) is 5.75 Å². The van der Waals surface area contributed by atoms with Crippen molar-refractivity contribution in [3.8, 4) is 17.6 Å². The number of H-pyrrole nitrogens is 1. The third kappa shape index (κ3) is 2.78. The quantitative estimate of drug-likeness (QED) is 0.762. The number of hydrogen-bond acceptors (Lipinski definition) is 3. The van der Waals surface area contributed by atoms with Gasteiger partial charge in [-0.1, -0.05) is 24.0 Å². The number of nitrogens with two attached hydrogens (primary N) is 1. The van der Waals surface area contributed by atoms with Gasteiger partial charge in [0.25, 0.3) is 5.56 Å². The number of ether oxygens (including phenoxy) is 1. The largest absolute Gasteiger partial charge is 0.495 e. The molecule has 98 valence electrons. The minimum Gasteiger partial charge on any atom is -0.495 e. The number of fused-ring (bicyclic) bond motifs is 1. The molecule has 1 aromatic carbocycles. The van der Waals surface area contributed by atoms with Gasteiger partial charge >= 0.3 is 0 Å². The smallest absolute Gasteiger partial charge is 0.268 e. The van der Waals surface area contributed by atoms with E-state index in [1.54, 1.807) is 13.8 Å². The van der Waals surface area contributed by atoms with Gasteiger partial charge in [0, 0.05) is 5.39 Å². The second-order valence-electron chi connectivity index (χ2n) is 4.88. The second kappa shape index (κ2) is 4.79. The summed E-state index contributed by atoms with van der Waals surface area (Å²) in [4.78, 5) is 14.8. The van der Waals surface area contributed by atoms with Gasteiger partial charge < -0.3 is 15.5 Å². The summed E-state index contributed by atoms with van der Waals surface area (Å²) in [6.07, 6.45) is 0. The first-order chi connectivity index (χ1) is 8.92. The van der Waals surface area contributed by atoms with Gasteiger partial charge in [0.1, 0.15) is 11.3 Å². The Morgan fingerprint density at radius 3 is 2.63 bits per heavy atom. The highest BCUT2D eigenvalue weighted by atomic mass is 16.5. The predicted molar refractivity (Wildman–Crippen MR) is 76.3 cm³/mol. The van der Waals surface area contributed by atoms with E-state index >= 15 is 0 Å². The van der Waals surface area contributed by atoms with Crippen LogP contribution in [0.4, 0.5) is 0 Å². The lowest BCUT2D eigenvalue weighted by molar-refractivity contribution is 0.417. The van der Waals surface area contributed by atoms with Gasteiger partial charge in [-0.3, -0.25) is 4.79 Å². The third-order valence-electron chi connectivity index (χ3n) is 2.59. The van der Waals surface area contributed by atoms with Crippen LogP contribution in [0, 0.1) is 11.8 Å². The first kappa shape index (κ1) is 13.2. The summed E-state index contributed by atoms with van der Waals surface area (Å²) < 4.78 is 5.34. The molecule has 0 bridgehead atoms. The van der Waals surface area contributed by atoms with E-state index in [1.165, 1.54) is 7.11 Å². The van der Waals surface area contributed by atoms with Crippen LogP contribution in [0.3, 0.4) is 0 Å². The summed E-state index contributed by atoms with van der Waals surface area (Å²) >= 11 is 0. The Balaban J connectivity index is 2.76. The van der Waals surface area contributed by atoms with Crippen molar-refractivity contribution in [2.75, 3.05) is 7.11 Å². The molecule has 0 fully saturated rings. The molecule has 3 N–H and O–H groups in total. The van der Waals surface area contributed by atoms with Gasteiger partial charge in [0.2, 0.25) is 0 Å². The van der Waals surface area contributed by atoms with Crippen LogP contribution in [0.15, 0.2) is 29.1 Å². The molecular weight excluding hydrogens is 240 g/mol. The molecule has 0 radical (unpaired) electrons. The third-order valence-corrected chi connectivity index (χ3v) is 2.59. The molecule has 0 aliphatic rings. The molecule has 0 saturated carbocycles. The van der Waals surface area contributed by atoms with E-state index in [4.69, 9.17) is 10.5 Å². The summed E-state index contributed by atoms with van der Waals surface area (Å²) in [5, 5.41) is 0.823. The highest BCUT2D eigenvalue weighted by Gasteiger charge is 2.12. The maximum atomic E-state index is 12.1. The molecule has 0 aliphatic carbocycles. The zero-order valence-electron chi connectivity index (χ0n) is 11.2. The minimum absolute atomic E-state index is 0.271. The van der Waals surface area contributed by atoms with Crippen molar-refractivity contribution in [1.82, 2.24) is 4.98 Å². The van der Waals surface area contributed by atoms with Crippen molar-refractivity contribution >= 4 is 10.9 Å². The molecule has 0 saturated heterocycles. The number of rotatable bonds is 1. The Morgan fingerprint density at radius 2 is 2.00 bits per heavy atom. The Bertz CT molecular complexity index is 728. The fourth-order valence-corrected chi connectivity index (χ4v) is 1.76. The molecule has 0 aliphatic heterocycles. The maximum absolute atomic E-state index is 12.1. The van der Waals surface area contributed by atoms with Crippen molar-refractivity contribution in [3.63, 3.8) is 0 Å². The number of nitrogens with one attached hydrogen (secondary N) is 1. The molecule has 0 unspecified atom stereocenters. The lowest BCUT2D eigenvalue weighted by Gasteiger charge is -2.09. The van der Waals surface area contributed by atoms with E-state index < -0.39 is 5.54 Å². The Hall–Kier alpha value is -2.25. The number of aromatic amines is 1. The molecular formula is C15H16N2O2. The molecule has 19 heavy (non-hydrogen) atoms. The number of hydrogen-bond donors (Lipinski definition) is 2. The molecule has 0 atom stereocenters. The van der Waals surface area contributed by atoms with Crippen LogP contribution in [-0.2, 0) is 0 Å². The molecule has 2 aromatic rings. The van der Waals surface area contributed by atoms with Crippen LogP contribution in [0.25, 0.3) is 10.9 Å². The van der Waals surface area contributed by atoms with Crippen LogP contribution in [0.1, 0.15) is 19.4 Å². The van der Waals surface area contributed by atoms with Gasteiger partial charge in [-0.2, -0.15) is 0 Å². The number of pyridine rings is 1. The standard InChI is InChI=1S/C15H16N2O2/c1-15(2,16)9-8-11-13(19-3)10-6-4-5-7-12(10)17-14(11)18/h4-7H,16H2,1-3H3,(H,17,18). The first-order valence-corrected chi connectivity index (χ1v) is 5.93. The summed E-state index contributed by atoms with van der Waals surface area (Å²) in [6.45, 7) is 3.56. The van der Waals surface area contributed by atoms with Crippen molar-refractivity contribution in [1.29, 1.82) is 0 Å². The Labute approximate surface area is 111 Å². The molecule has 4 heteroatoms. The van der Waals surface area contributed by atoms with E-state index in [9.17, 15) is 4.79 Å². The number of aromatic nitrogens is 1. The highest BCUT2D eigenvalue weighted by Crippen LogP contribution is 2.25. The van der Waals surface area contributed by atoms with Crippen LogP contribution in [0.2, 0.25) is 0 Å². The number of benzene rings is 1. The van der Waals surface area contributed by atoms with E-state index in [0.29, 0.717) is 11.3 Å². The molecule has 1 heterocycles. The number of methoxy groups -OCH3 is 1. The van der Waals surface area contributed by atoms with E-state index in [-0.39, 0.29) is 5.56 Å². The lowest BCUT2D eigenvalue weighted by atomic mass is 10.1. The van der Waals surface area contributed by atoms with Gasteiger partial charge in [0.15, 0.2) is 0 Å². The minimum atomic E-state index is -0.664. The zero-order chi connectivity index (χ0) is 14.0. The zero-order valence-corrected chi connectivity index (χ0v) is 11.2. The summed E-state index contributed by atoms with van der Waals surface area (Å²) in [7, 11) is 1.53. The van der Waals surface area contributed by atoms with Gasteiger partial charge in [-0.05, 0) is 26.0 Å². The van der Waals surface area contributed by atoms with Crippen molar-refractivity contribution in [2.45, 2.75) is 19.4 Å². The molecule has 0 spiro atoms. The molecule has 2 rings (SSSR count). The predicted octanol–water partition coefficient (Wildman–Crippen LogP) is 1.63. The van der Waals surface area contributed by atoms with Gasteiger partial charge in [-0.25, -0.2) is 0 Å². The van der Waals surface area contributed by atoms with Crippen molar-refractivity contribution in [2.24, 2.45) is 5.73 Å². The Morgan fingerprint density at radius 1 is 1.32 bits per heavy atom. The van der Waals surface area contributed by atoms with E-state index in [2.05, 4.69) is 16.8 Å². The average Bonchev–Trinajstić information content (AvgIpc) is 2.34. The second-order valence-corrected chi connectivity index (χ2v) is 4.88. The van der Waals surface area contributed by atoms with Crippen LogP contribution >= 0.6 is 0 Å². The maximum Gasteiger partial charge on any atom is 0.268 e. The number of para-hydroxylation sites is 1. The van der Waals surface area contributed by atoms with Crippen LogP contribution in [-0.4, -0.2) is 17.6 Å². The summed E-state index contributed by atoms with van der Waals surface area (Å²) in [6, 6.07) is 7.44. The molecule has 0 amide bonds. The van der Waals surface area contributed by atoms with Crippen molar-refractivity contribution < 1.29 is 4.74 Å². The monoisotopic (exact) mass is 256 g/mol. The van der Waals surface area contributed by atoms with E-state index in [0.717, 1.165) is 10.9 Å². The first-order valence-electron chi connectivity index (χ1n) is 5.93. The average molecular weight is 256 g/mol. The van der Waals surface area contributed by atoms with Crippen molar-refractivity contribution in [3.05, 3.63) is 40.2 Å². The fourth-order valence-electron chi connectivity index (χ4n) is 1.76. The summed E-state index contributed by atoms with van der Waals surface area (Å²) in [5.74, 6) is 6.15. The topological polar surface area (TPSA) is 68.1 Å². The lowest BCUT2D eigenvalue weighted by Crippen LogP contribution is -2.29. The summed E-state index contributed by atoms with van der Waals surface area (Å²) in [5.41, 5.74) is 5.91. The Kier molecular flexibility index (Phi) is 3.32. The van der Waals surface area contributed by atoms with Gasteiger partial charge in [0.05, 0.1) is 18.2 Å². The van der Waals surface area contributed by atoms with Crippen LogP contribution < -0.4 is 16.0 Å². The van der Waals surface area contributed by atoms with Gasteiger partial charge in [-0.15, -0.1) is 0 Å². The SMILES string of the molecule is COc1c(C#CC(C)(C)N)c(=O)[nH]c2ccccc12. The molecule has 1 aromatic heterocycles.